The van der Waals surface area contributed by atoms with Gasteiger partial charge in [0.2, 0.25) is 0 Å². The molecule has 83 heavy (non-hydrogen) atoms. The van der Waals surface area contributed by atoms with Crippen molar-refractivity contribution in [2.45, 2.75) is 355 Å². The fourth-order valence-electron chi connectivity index (χ4n) is 11.3. The van der Waals surface area contributed by atoms with Crippen LogP contribution in [0.4, 0.5) is 0 Å². The van der Waals surface area contributed by atoms with Gasteiger partial charge in [0.05, 0.1) is 38.1 Å². The van der Waals surface area contributed by atoms with Crippen LogP contribution < -0.4 is 5.32 Å². The first kappa shape index (κ1) is 75.6. The third kappa shape index (κ3) is 27.3. The van der Waals surface area contributed by atoms with Crippen molar-refractivity contribution in [1.29, 1.82) is 0 Å². The van der Waals surface area contributed by atoms with E-state index in [1.54, 1.807) is 0 Å². The van der Waals surface area contributed by atoms with Crippen LogP contribution in [0.3, 0.4) is 0 Å². The monoisotopic (exact) mass is 1200 g/mol. The van der Waals surface area contributed by atoms with Crippen LogP contribution in [0.5, 0.6) is 0 Å². The van der Waals surface area contributed by atoms with Crippen molar-refractivity contribution in [1.82, 2.24) is 5.32 Å². The van der Waals surface area contributed by atoms with Gasteiger partial charge in [-0.2, -0.15) is 0 Å². The van der Waals surface area contributed by atoms with E-state index in [2.05, 4.69) is 19.2 Å². The van der Waals surface area contributed by atoms with Gasteiger partial charge in [-0.15, -0.1) is 0 Å². The molecule has 20 atom stereocenters. The molecule has 22 heteroatoms. The molecule has 3 aliphatic heterocycles. The predicted octanol–water partition coefficient (Wildman–Crippen LogP) is 3.89. The van der Waals surface area contributed by atoms with Crippen molar-refractivity contribution >= 4 is 11.7 Å². The Morgan fingerprint density at radius 2 is 0.831 bits per heavy atom. The first-order valence-electron chi connectivity index (χ1n) is 32.4. The van der Waals surface area contributed by atoms with Gasteiger partial charge in [-0.05, 0) is 19.8 Å². The maximum absolute atomic E-state index is 13.6. The van der Waals surface area contributed by atoms with E-state index in [-0.39, 0.29) is 12.8 Å². The van der Waals surface area contributed by atoms with E-state index in [1.807, 2.05) is 0 Å². The van der Waals surface area contributed by atoms with Crippen molar-refractivity contribution in [2.24, 2.45) is 0 Å². The highest BCUT2D eigenvalue weighted by atomic mass is 16.8. The van der Waals surface area contributed by atoms with Gasteiger partial charge in [0, 0.05) is 0 Å². The van der Waals surface area contributed by atoms with Gasteiger partial charge in [0.25, 0.3) is 5.91 Å². The minimum atomic E-state index is -2.39. The number of unbranched alkanes of at least 4 members (excludes halogenated alkanes) is 29. The standard InChI is InChI=1S/C61H115NO21/c1-4-6-8-10-12-14-16-18-19-20-21-22-24-26-28-30-32-34-36-43(66)48(69)52(73)58(77)62-41(47(68)42(65)35-33-31-29-27-25-23-17-15-13-11-9-7-5-2)39-78-59-55(76)57(83-60-53(74)50(71)46(67)40(3)79-60)56(45(38-64)81-59)82-61-54(75)51(72)49(70)44(37-63)80-61/h40-47,49-57,59-61,63-68,70-76H,4-39H2,1-3H3,(H,62,77). The molecule has 3 saturated heterocycles. The molecule has 3 aliphatic rings. The number of hydrogen-bond acceptors (Lipinski definition) is 21. The molecule has 3 fully saturated rings. The number of carbonyl (C=O) groups excluding carboxylic acids is 2. The summed E-state index contributed by atoms with van der Waals surface area (Å²) in [5.74, 6) is -2.49. The van der Waals surface area contributed by atoms with Crippen LogP contribution in [0.15, 0.2) is 0 Å². The Morgan fingerprint density at radius 3 is 1.28 bits per heavy atom. The lowest BCUT2D eigenvalue weighted by atomic mass is 9.96. The molecule has 0 aromatic carbocycles. The summed E-state index contributed by atoms with van der Waals surface area (Å²) in [4.78, 5) is 26.9. The van der Waals surface area contributed by atoms with E-state index >= 15 is 0 Å². The van der Waals surface area contributed by atoms with Gasteiger partial charge in [0.15, 0.2) is 30.8 Å². The summed E-state index contributed by atoms with van der Waals surface area (Å²) in [5.41, 5.74) is 0. The first-order valence-corrected chi connectivity index (χ1v) is 32.4. The molecule has 22 nitrogen and oxygen atoms in total. The van der Waals surface area contributed by atoms with E-state index in [1.165, 1.54) is 129 Å². The van der Waals surface area contributed by atoms with E-state index < -0.39 is 154 Å². The lowest BCUT2D eigenvalue weighted by molar-refractivity contribution is -0.386. The summed E-state index contributed by atoms with van der Waals surface area (Å²) in [5, 5.41) is 143. The Hall–Kier alpha value is -1.62. The van der Waals surface area contributed by atoms with Gasteiger partial charge < -0.3 is 100 Å². The van der Waals surface area contributed by atoms with Gasteiger partial charge in [-0.1, -0.05) is 213 Å². The minimum Gasteiger partial charge on any atom is -0.394 e. The van der Waals surface area contributed by atoms with E-state index in [0.29, 0.717) is 12.8 Å². The van der Waals surface area contributed by atoms with Gasteiger partial charge in [-0.25, -0.2) is 0 Å². The van der Waals surface area contributed by atoms with Crippen molar-refractivity contribution in [3.05, 3.63) is 0 Å². The van der Waals surface area contributed by atoms with Gasteiger partial charge >= 0.3 is 0 Å². The summed E-state index contributed by atoms with van der Waals surface area (Å²) in [6, 6.07) is -1.62. The highest BCUT2D eigenvalue weighted by Gasteiger charge is 2.54. The molecule has 14 N–H and O–H groups in total. The third-order valence-electron chi connectivity index (χ3n) is 16.9. The first-order chi connectivity index (χ1) is 39.9. The van der Waals surface area contributed by atoms with Crippen LogP contribution in [0.25, 0.3) is 0 Å². The molecule has 0 aromatic rings. The molecule has 1 amide bonds. The fourth-order valence-corrected chi connectivity index (χ4v) is 11.3. The number of aliphatic hydroxyl groups is 13. The molecule has 0 radical (unpaired) electrons. The van der Waals surface area contributed by atoms with Crippen LogP contribution in [0.2, 0.25) is 0 Å². The molecule has 490 valence electrons. The van der Waals surface area contributed by atoms with Gasteiger partial charge in [0.1, 0.15) is 79.4 Å². The molecule has 0 saturated carbocycles. The number of amides is 1. The number of ether oxygens (including phenoxy) is 6. The Kier molecular flexibility index (Phi) is 40.0. The SMILES string of the molecule is CCCCCCCCCCCCCCCCCCCCC(O)C(=O)C(O)C(=O)NC(COC1OC(CO)C(OC2OC(CO)C(O)C(O)C2O)C(OC2OC(C)C(O)C(O)C2O)C1O)C(O)C(O)CCCCCCCCCCCCCCC. The third-order valence-corrected chi connectivity index (χ3v) is 16.9. The highest BCUT2D eigenvalue weighted by Crippen LogP contribution is 2.34. The van der Waals surface area contributed by atoms with Crippen molar-refractivity contribution in [2.75, 3.05) is 19.8 Å². The number of rotatable bonds is 48. The molecule has 20 unspecified atom stereocenters. The highest BCUT2D eigenvalue weighted by molar-refractivity contribution is 6.05. The summed E-state index contributed by atoms with van der Waals surface area (Å²) in [7, 11) is 0. The zero-order valence-electron chi connectivity index (χ0n) is 50.6. The second-order valence-electron chi connectivity index (χ2n) is 24.0. The number of Topliss-reactive ketones (excluding diaryl/α,β-unsaturated/α-hetero) is 1. The Balaban J connectivity index is 1.65. The smallest absolute Gasteiger partial charge is 0.257 e. The second kappa shape index (κ2) is 43.9. The molecule has 3 rings (SSSR count). The molecule has 3 heterocycles. The summed E-state index contributed by atoms with van der Waals surface area (Å²) in [6.07, 6.45) is 1.38. The molecule has 0 bridgehead atoms. The van der Waals surface area contributed by atoms with Crippen molar-refractivity contribution in [3.8, 4) is 0 Å². The van der Waals surface area contributed by atoms with Gasteiger partial charge in [-0.3, -0.25) is 9.59 Å². The lowest BCUT2D eigenvalue weighted by Gasteiger charge is -2.49. The Bertz CT molecular complexity index is 1640. The summed E-state index contributed by atoms with van der Waals surface area (Å²) in [6.45, 7) is 3.22. The lowest BCUT2D eigenvalue weighted by Crippen LogP contribution is -2.67. The van der Waals surface area contributed by atoms with Crippen molar-refractivity contribution in [3.63, 3.8) is 0 Å². The predicted molar refractivity (Wildman–Crippen MR) is 308 cm³/mol. The normalized spacial score (nSPS) is 30.4. The molecule has 0 aliphatic carbocycles. The number of aliphatic hydroxyl groups excluding tert-OH is 13. The van der Waals surface area contributed by atoms with Crippen LogP contribution in [0, 0.1) is 0 Å². The quantitative estimate of drug-likeness (QED) is 0.0303. The summed E-state index contributed by atoms with van der Waals surface area (Å²) < 4.78 is 34.9. The molecule has 0 aromatic heterocycles. The van der Waals surface area contributed by atoms with Crippen LogP contribution in [0.1, 0.15) is 233 Å². The Morgan fingerprint density at radius 1 is 0.446 bits per heavy atom. The average Bonchev–Trinajstić information content (AvgIpc) is 3.39. The fraction of sp³-hybridized carbons (Fsp3) is 0.967. The average molecular weight is 1200 g/mol. The topological polar surface area (TPSA) is 365 Å². The zero-order valence-corrected chi connectivity index (χ0v) is 50.6. The number of hydrogen-bond donors (Lipinski definition) is 14. The van der Waals surface area contributed by atoms with E-state index in [4.69, 9.17) is 28.4 Å². The number of ketones is 1. The van der Waals surface area contributed by atoms with Crippen LogP contribution in [-0.4, -0.2) is 220 Å². The molecule has 0 spiro atoms. The zero-order chi connectivity index (χ0) is 61.1. The maximum Gasteiger partial charge on any atom is 0.257 e. The minimum absolute atomic E-state index is 0.00353. The van der Waals surface area contributed by atoms with Crippen LogP contribution >= 0.6 is 0 Å². The Labute approximate surface area is 494 Å². The maximum atomic E-state index is 13.6. The number of carbonyl (C=O) groups is 2. The van der Waals surface area contributed by atoms with Crippen LogP contribution in [-0.2, 0) is 38.0 Å². The second-order valence-corrected chi connectivity index (χ2v) is 24.0. The van der Waals surface area contributed by atoms with Crippen molar-refractivity contribution < 1.29 is 104 Å². The number of nitrogens with one attached hydrogen (secondary N) is 1. The molecular formula is C61H115NO21. The summed E-state index contributed by atoms with van der Waals surface area (Å²) >= 11 is 0. The largest absolute Gasteiger partial charge is 0.394 e. The van der Waals surface area contributed by atoms with E-state index in [0.717, 1.165) is 64.2 Å². The van der Waals surface area contributed by atoms with E-state index in [9.17, 15) is 76.0 Å². The molecular weight excluding hydrogens is 1080 g/mol.